The standard InChI is InChI=1S/C18H20N2O3/c1-12-6-7-14-15(18(23)19-13-4-2-3-5-13)11-17(22)20(8-9-21)16(14)10-12/h6-7,9-11,13H,2-5,8H2,1H3,(H,19,23). The van der Waals surface area contributed by atoms with Crippen LogP contribution in [0.1, 0.15) is 41.6 Å². The Morgan fingerprint density at radius 3 is 2.74 bits per heavy atom. The zero-order chi connectivity index (χ0) is 16.4. The van der Waals surface area contributed by atoms with E-state index in [4.69, 9.17) is 0 Å². The third-order valence-electron chi connectivity index (χ3n) is 4.46. The van der Waals surface area contributed by atoms with E-state index in [2.05, 4.69) is 5.32 Å². The fraction of sp³-hybridized carbons (Fsp3) is 0.389. The van der Waals surface area contributed by atoms with Crippen LogP contribution in [0, 0.1) is 6.92 Å². The normalized spacial score (nSPS) is 15.0. The Labute approximate surface area is 134 Å². The van der Waals surface area contributed by atoms with Gasteiger partial charge in [-0.3, -0.25) is 9.59 Å². The number of carbonyl (C=O) groups excluding carboxylic acids is 2. The molecule has 1 aliphatic carbocycles. The van der Waals surface area contributed by atoms with Gasteiger partial charge in [0.2, 0.25) is 0 Å². The second kappa shape index (κ2) is 6.36. The number of hydrogen-bond acceptors (Lipinski definition) is 3. The zero-order valence-corrected chi connectivity index (χ0v) is 13.2. The summed E-state index contributed by atoms with van der Waals surface area (Å²) in [5, 5.41) is 3.73. The van der Waals surface area contributed by atoms with Crippen LogP contribution in [-0.4, -0.2) is 22.8 Å². The largest absolute Gasteiger partial charge is 0.349 e. The minimum atomic E-state index is -0.327. The first-order chi connectivity index (χ1) is 11.1. The number of aromatic nitrogens is 1. The van der Waals surface area contributed by atoms with Crippen molar-refractivity contribution in [1.82, 2.24) is 9.88 Å². The van der Waals surface area contributed by atoms with E-state index in [1.807, 2.05) is 25.1 Å². The van der Waals surface area contributed by atoms with Gasteiger partial charge in [0.25, 0.3) is 11.5 Å². The molecular weight excluding hydrogens is 292 g/mol. The molecule has 0 aliphatic heterocycles. The van der Waals surface area contributed by atoms with Crippen molar-refractivity contribution >= 4 is 23.1 Å². The Morgan fingerprint density at radius 1 is 1.30 bits per heavy atom. The maximum absolute atomic E-state index is 12.6. The molecule has 120 valence electrons. The summed E-state index contributed by atoms with van der Waals surface area (Å²) in [5.41, 5.74) is 1.66. The van der Waals surface area contributed by atoms with Gasteiger partial charge in [-0.05, 0) is 31.4 Å². The van der Waals surface area contributed by atoms with Crippen LogP contribution in [0.15, 0.2) is 29.1 Å². The first kappa shape index (κ1) is 15.5. The van der Waals surface area contributed by atoms with Gasteiger partial charge in [0.05, 0.1) is 17.6 Å². The fourth-order valence-electron chi connectivity index (χ4n) is 3.27. The molecule has 23 heavy (non-hydrogen) atoms. The molecule has 0 radical (unpaired) electrons. The minimum absolute atomic E-state index is 0.0106. The number of nitrogens with one attached hydrogen (secondary N) is 1. The van der Waals surface area contributed by atoms with Crippen molar-refractivity contribution in [3.05, 3.63) is 45.7 Å². The molecule has 1 aromatic heterocycles. The number of fused-ring (bicyclic) bond motifs is 1. The Balaban J connectivity index is 2.09. The molecule has 5 nitrogen and oxygen atoms in total. The van der Waals surface area contributed by atoms with E-state index in [-0.39, 0.29) is 24.1 Å². The van der Waals surface area contributed by atoms with E-state index in [9.17, 15) is 14.4 Å². The number of carbonyl (C=O) groups is 2. The van der Waals surface area contributed by atoms with Gasteiger partial charge in [0.1, 0.15) is 6.29 Å². The summed E-state index contributed by atoms with van der Waals surface area (Å²) in [4.78, 5) is 35.8. The number of aryl methyl sites for hydroxylation is 1. The van der Waals surface area contributed by atoms with Crippen molar-refractivity contribution in [1.29, 1.82) is 0 Å². The maximum atomic E-state index is 12.6. The molecular formula is C18H20N2O3. The van der Waals surface area contributed by atoms with Gasteiger partial charge >= 0.3 is 0 Å². The maximum Gasteiger partial charge on any atom is 0.252 e. The first-order valence-electron chi connectivity index (χ1n) is 7.99. The molecule has 3 rings (SSSR count). The highest BCUT2D eigenvalue weighted by molar-refractivity contribution is 6.06. The fourth-order valence-corrected chi connectivity index (χ4v) is 3.27. The van der Waals surface area contributed by atoms with Crippen LogP contribution in [0.25, 0.3) is 10.9 Å². The zero-order valence-electron chi connectivity index (χ0n) is 13.2. The van der Waals surface area contributed by atoms with E-state index < -0.39 is 0 Å². The lowest BCUT2D eigenvalue weighted by atomic mass is 10.1. The van der Waals surface area contributed by atoms with Crippen molar-refractivity contribution < 1.29 is 9.59 Å². The molecule has 5 heteroatoms. The SMILES string of the molecule is Cc1ccc2c(C(=O)NC3CCCC3)cc(=O)n(CC=O)c2c1. The quantitative estimate of drug-likeness (QED) is 0.880. The van der Waals surface area contributed by atoms with Gasteiger partial charge in [-0.25, -0.2) is 0 Å². The summed E-state index contributed by atoms with van der Waals surface area (Å²) >= 11 is 0. The molecule has 2 aromatic rings. The number of amides is 1. The highest BCUT2D eigenvalue weighted by atomic mass is 16.2. The number of pyridine rings is 1. The summed E-state index contributed by atoms with van der Waals surface area (Å²) < 4.78 is 1.40. The lowest BCUT2D eigenvalue weighted by Gasteiger charge is -2.15. The number of rotatable bonds is 4. The molecule has 1 aromatic carbocycles. The second-order valence-electron chi connectivity index (χ2n) is 6.15. The molecule has 1 heterocycles. The Hall–Kier alpha value is -2.43. The van der Waals surface area contributed by atoms with Crippen LogP contribution in [0.5, 0.6) is 0 Å². The molecule has 0 bridgehead atoms. The van der Waals surface area contributed by atoms with Crippen LogP contribution in [0.4, 0.5) is 0 Å². The van der Waals surface area contributed by atoms with Crippen LogP contribution >= 0.6 is 0 Å². The minimum Gasteiger partial charge on any atom is -0.349 e. The summed E-state index contributed by atoms with van der Waals surface area (Å²) in [6, 6.07) is 7.12. The molecule has 0 unspecified atom stereocenters. The molecule has 1 saturated carbocycles. The summed E-state index contributed by atoms with van der Waals surface area (Å²) in [7, 11) is 0. The van der Waals surface area contributed by atoms with E-state index in [0.717, 1.165) is 31.2 Å². The van der Waals surface area contributed by atoms with Gasteiger partial charge in [0, 0.05) is 17.5 Å². The first-order valence-corrected chi connectivity index (χ1v) is 7.99. The number of aldehydes is 1. The molecule has 1 fully saturated rings. The average molecular weight is 312 g/mol. The molecule has 1 amide bonds. The third kappa shape index (κ3) is 3.04. The van der Waals surface area contributed by atoms with E-state index >= 15 is 0 Å². The van der Waals surface area contributed by atoms with Crippen LogP contribution in [0.3, 0.4) is 0 Å². The van der Waals surface area contributed by atoms with Gasteiger partial charge in [-0.1, -0.05) is 25.0 Å². The van der Waals surface area contributed by atoms with Crippen LogP contribution in [-0.2, 0) is 11.3 Å². The van der Waals surface area contributed by atoms with Gasteiger partial charge < -0.3 is 14.7 Å². The van der Waals surface area contributed by atoms with Gasteiger partial charge in [0.15, 0.2) is 0 Å². The highest BCUT2D eigenvalue weighted by Gasteiger charge is 2.20. The lowest BCUT2D eigenvalue weighted by molar-refractivity contribution is -0.108. The second-order valence-corrected chi connectivity index (χ2v) is 6.15. The highest BCUT2D eigenvalue weighted by Crippen LogP contribution is 2.21. The Kier molecular flexibility index (Phi) is 4.28. The van der Waals surface area contributed by atoms with Gasteiger partial charge in [-0.2, -0.15) is 0 Å². The molecule has 1 aliphatic rings. The monoisotopic (exact) mass is 312 g/mol. The smallest absolute Gasteiger partial charge is 0.252 e. The van der Waals surface area contributed by atoms with Crippen molar-refractivity contribution in [3.8, 4) is 0 Å². The van der Waals surface area contributed by atoms with Crippen molar-refractivity contribution in [2.75, 3.05) is 0 Å². The average Bonchev–Trinajstić information content (AvgIpc) is 3.02. The summed E-state index contributed by atoms with van der Waals surface area (Å²) in [5.74, 6) is -0.207. The Bertz CT molecular complexity index is 817. The van der Waals surface area contributed by atoms with E-state index in [1.54, 1.807) is 0 Å². The van der Waals surface area contributed by atoms with Crippen molar-refractivity contribution in [3.63, 3.8) is 0 Å². The van der Waals surface area contributed by atoms with Crippen LogP contribution in [0.2, 0.25) is 0 Å². The molecule has 0 atom stereocenters. The number of benzene rings is 1. The van der Waals surface area contributed by atoms with Gasteiger partial charge in [-0.15, -0.1) is 0 Å². The lowest BCUT2D eigenvalue weighted by Crippen LogP contribution is -2.34. The topological polar surface area (TPSA) is 68.2 Å². The molecule has 0 spiro atoms. The Morgan fingerprint density at radius 2 is 2.04 bits per heavy atom. The van der Waals surface area contributed by atoms with E-state index in [0.29, 0.717) is 22.8 Å². The molecule has 1 N–H and O–H groups in total. The van der Waals surface area contributed by atoms with Crippen molar-refractivity contribution in [2.45, 2.75) is 45.2 Å². The summed E-state index contributed by atoms with van der Waals surface area (Å²) in [6.45, 7) is 1.91. The number of nitrogens with zero attached hydrogens (tertiary/aromatic N) is 1. The van der Waals surface area contributed by atoms with Crippen molar-refractivity contribution in [2.24, 2.45) is 0 Å². The predicted molar refractivity (Wildman–Crippen MR) is 88.7 cm³/mol. The van der Waals surface area contributed by atoms with E-state index in [1.165, 1.54) is 10.6 Å². The summed E-state index contributed by atoms with van der Waals surface area (Å²) in [6.07, 6.45) is 4.94. The van der Waals surface area contributed by atoms with Crippen LogP contribution < -0.4 is 10.9 Å². The predicted octanol–water partition coefficient (Wildman–Crippen LogP) is 2.18. The number of hydrogen-bond donors (Lipinski definition) is 1. The third-order valence-corrected chi connectivity index (χ3v) is 4.46. The molecule has 0 saturated heterocycles.